The van der Waals surface area contributed by atoms with Crippen LogP contribution in [0.5, 0.6) is 5.75 Å². The number of benzene rings is 2. The van der Waals surface area contributed by atoms with Crippen LogP contribution in [-0.2, 0) is 6.61 Å². The molecule has 0 saturated carbocycles. The Labute approximate surface area is 154 Å². The van der Waals surface area contributed by atoms with Crippen molar-refractivity contribution in [1.82, 2.24) is 15.8 Å². The van der Waals surface area contributed by atoms with Gasteiger partial charge in [-0.25, -0.2) is 4.98 Å². The minimum Gasteiger partial charge on any atom is -0.487 e. The predicted molar refractivity (Wildman–Crippen MR) is 99.0 cm³/mol. The molecule has 2 N–H and O–H groups in total. The molecule has 26 heavy (non-hydrogen) atoms. The molecule has 0 unspecified atom stereocenters. The molecule has 3 aromatic rings. The lowest BCUT2D eigenvalue weighted by Crippen LogP contribution is -2.41. The van der Waals surface area contributed by atoms with Crippen molar-refractivity contribution in [3.05, 3.63) is 81.8 Å². The largest absolute Gasteiger partial charge is 0.487 e. The van der Waals surface area contributed by atoms with Crippen LogP contribution in [0, 0.1) is 6.92 Å². The molecule has 2 amide bonds. The van der Waals surface area contributed by atoms with Gasteiger partial charge in [0.05, 0.1) is 10.7 Å². The van der Waals surface area contributed by atoms with Gasteiger partial charge in [0, 0.05) is 16.5 Å². The lowest BCUT2D eigenvalue weighted by molar-refractivity contribution is 0.0846. The van der Waals surface area contributed by atoms with Crippen LogP contribution in [-0.4, -0.2) is 16.8 Å². The Morgan fingerprint density at radius 1 is 1.00 bits per heavy atom. The molecule has 0 saturated heterocycles. The fourth-order valence-electron chi connectivity index (χ4n) is 2.21. The summed E-state index contributed by atoms with van der Waals surface area (Å²) >= 11 is 1.56. The Bertz CT molecular complexity index is 909. The molecule has 0 bridgehead atoms. The first-order valence-electron chi connectivity index (χ1n) is 7.91. The zero-order chi connectivity index (χ0) is 18.4. The quantitative estimate of drug-likeness (QED) is 0.679. The van der Waals surface area contributed by atoms with Crippen molar-refractivity contribution in [2.45, 2.75) is 13.5 Å². The van der Waals surface area contributed by atoms with Crippen molar-refractivity contribution in [2.24, 2.45) is 0 Å². The lowest BCUT2D eigenvalue weighted by Gasteiger charge is -2.09. The van der Waals surface area contributed by atoms with Crippen molar-refractivity contribution in [1.29, 1.82) is 0 Å². The second-order valence-electron chi connectivity index (χ2n) is 5.45. The molecule has 0 atom stereocenters. The van der Waals surface area contributed by atoms with Gasteiger partial charge in [0.25, 0.3) is 11.8 Å². The number of carbonyl (C=O) groups is 2. The van der Waals surface area contributed by atoms with E-state index in [1.54, 1.807) is 59.9 Å². The average molecular weight is 367 g/mol. The molecule has 7 heteroatoms. The summed E-state index contributed by atoms with van der Waals surface area (Å²) in [5.41, 5.74) is 6.47. The van der Waals surface area contributed by atoms with Crippen molar-refractivity contribution in [3.63, 3.8) is 0 Å². The van der Waals surface area contributed by atoms with Gasteiger partial charge in [0.2, 0.25) is 0 Å². The third-order valence-electron chi connectivity index (χ3n) is 3.48. The number of hydrogen-bond donors (Lipinski definition) is 2. The molecular formula is C19H17N3O3S. The van der Waals surface area contributed by atoms with E-state index in [1.165, 1.54) is 0 Å². The van der Waals surface area contributed by atoms with E-state index in [9.17, 15) is 9.59 Å². The summed E-state index contributed by atoms with van der Waals surface area (Å²) in [4.78, 5) is 28.5. The van der Waals surface area contributed by atoms with Gasteiger partial charge in [-0.15, -0.1) is 11.3 Å². The number of aryl methyl sites for hydroxylation is 1. The number of carbonyl (C=O) groups excluding carboxylic acids is 2. The van der Waals surface area contributed by atoms with Gasteiger partial charge in [-0.2, -0.15) is 0 Å². The Hall–Kier alpha value is -3.19. The number of nitrogens with one attached hydrogen (secondary N) is 2. The number of thiazole rings is 1. The van der Waals surface area contributed by atoms with Gasteiger partial charge in [-0.1, -0.05) is 24.3 Å². The van der Waals surface area contributed by atoms with Crippen molar-refractivity contribution < 1.29 is 14.3 Å². The first kappa shape index (κ1) is 17.6. The summed E-state index contributed by atoms with van der Waals surface area (Å²) in [6.07, 6.45) is 0. The predicted octanol–water partition coefficient (Wildman–Crippen LogP) is 3.11. The van der Waals surface area contributed by atoms with E-state index in [4.69, 9.17) is 4.74 Å². The Morgan fingerprint density at radius 3 is 2.38 bits per heavy atom. The molecule has 0 radical (unpaired) electrons. The molecule has 132 valence electrons. The van der Waals surface area contributed by atoms with Crippen molar-refractivity contribution >= 4 is 23.2 Å². The van der Waals surface area contributed by atoms with E-state index >= 15 is 0 Å². The second kappa shape index (κ2) is 8.26. The average Bonchev–Trinajstić information content (AvgIpc) is 3.10. The molecule has 2 aromatic carbocycles. The highest BCUT2D eigenvalue weighted by atomic mass is 32.1. The van der Waals surface area contributed by atoms with E-state index in [-0.39, 0.29) is 5.91 Å². The van der Waals surface area contributed by atoms with Gasteiger partial charge < -0.3 is 4.74 Å². The third-order valence-corrected chi connectivity index (χ3v) is 4.30. The Morgan fingerprint density at radius 2 is 1.69 bits per heavy atom. The summed E-state index contributed by atoms with van der Waals surface area (Å²) in [5, 5.41) is 2.91. The number of amides is 2. The molecule has 3 rings (SSSR count). The Balaban J connectivity index is 1.56. The smallest absolute Gasteiger partial charge is 0.269 e. The van der Waals surface area contributed by atoms with Crippen LogP contribution < -0.4 is 15.6 Å². The number of nitrogens with zero attached hydrogens (tertiary/aromatic N) is 1. The van der Waals surface area contributed by atoms with E-state index in [1.807, 2.05) is 18.4 Å². The molecule has 0 fully saturated rings. The summed E-state index contributed by atoms with van der Waals surface area (Å²) in [6.45, 7) is 2.27. The maximum absolute atomic E-state index is 12.2. The molecule has 1 aromatic heterocycles. The molecular weight excluding hydrogens is 350 g/mol. The highest BCUT2D eigenvalue weighted by molar-refractivity contribution is 7.09. The molecule has 1 heterocycles. The van der Waals surface area contributed by atoms with Crippen LogP contribution >= 0.6 is 11.3 Å². The van der Waals surface area contributed by atoms with E-state index in [0.717, 1.165) is 10.7 Å². The van der Waals surface area contributed by atoms with Crippen LogP contribution in [0.2, 0.25) is 0 Å². The summed E-state index contributed by atoms with van der Waals surface area (Å²) in [7, 11) is 0. The van der Waals surface area contributed by atoms with Gasteiger partial charge in [-0.05, 0) is 37.3 Å². The van der Waals surface area contributed by atoms with Crippen LogP contribution in [0.3, 0.4) is 0 Å². The minimum atomic E-state index is -0.427. The third kappa shape index (κ3) is 4.67. The van der Waals surface area contributed by atoms with Crippen molar-refractivity contribution in [2.75, 3.05) is 0 Å². The van der Waals surface area contributed by atoms with Gasteiger partial charge in [0.15, 0.2) is 0 Å². The fourth-order valence-corrected chi connectivity index (χ4v) is 2.80. The lowest BCUT2D eigenvalue weighted by atomic mass is 10.2. The number of hydrazine groups is 1. The van der Waals surface area contributed by atoms with Crippen LogP contribution in [0.4, 0.5) is 0 Å². The monoisotopic (exact) mass is 367 g/mol. The molecule has 6 nitrogen and oxygen atoms in total. The van der Waals surface area contributed by atoms with Gasteiger partial charge >= 0.3 is 0 Å². The SMILES string of the molecule is Cc1nc(COc2cccc(C(=O)NNC(=O)c3ccccc3)c2)cs1. The molecule has 0 aliphatic rings. The van der Waals surface area contributed by atoms with Crippen LogP contribution in [0.25, 0.3) is 0 Å². The van der Waals surface area contributed by atoms with E-state index in [2.05, 4.69) is 15.8 Å². The first-order chi connectivity index (χ1) is 12.6. The molecule has 0 aliphatic carbocycles. The maximum atomic E-state index is 12.2. The van der Waals surface area contributed by atoms with Crippen LogP contribution in [0.1, 0.15) is 31.4 Å². The van der Waals surface area contributed by atoms with E-state index in [0.29, 0.717) is 23.5 Å². The Kier molecular flexibility index (Phi) is 5.60. The van der Waals surface area contributed by atoms with Crippen molar-refractivity contribution in [3.8, 4) is 5.75 Å². The topological polar surface area (TPSA) is 80.3 Å². The normalized spacial score (nSPS) is 10.2. The number of hydrogen-bond acceptors (Lipinski definition) is 5. The highest BCUT2D eigenvalue weighted by Crippen LogP contribution is 2.16. The number of aromatic nitrogens is 1. The first-order valence-corrected chi connectivity index (χ1v) is 8.79. The standard InChI is InChI=1S/C19H17N3O3S/c1-13-20-16(12-26-13)11-25-17-9-5-8-15(10-17)19(24)22-21-18(23)14-6-3-2-4-7-14/h2-10,12H,11H2,1H3,(H,21,23)(H,22,24). The molecule has 0 aliphatic heterocycles. The second-order valence-corrected chi connectivity index (χ2v) is 6.51. The highest BCUT2D eigenvalue weighted by Gasteiger charge is 2.10. The van der Waals surface area contributed by atoms with Gasteiger partial charge in [0.1, 0.15) is 12.4 Å². The minimum absolute atomic E-state index is 0.333. The van der Waals surface area contributed by atoms with Crippen LogP contribution in [0.15, 0.2) is 60.0 Å². The summed E-state index contributed by atoms with van der Waals surface area (Å²) in [5.74, 6) is -0.257. The zero-order valence-electron chi connectivity index (χ0n) is 14.1. The number of ether oxygens (including phenoxy) is 1. The summed E-state index contributed by atoms with van der Waals surface area (Å²) < 4.78 is 5.67. The van der Waals surface area contributed by atoms with Gasteiger partial charge in [-0.3, -0.25) is 20.4 Å². The maximum Gasteiger partial charge on any atom is 0.269 e. The zero-order valence-corrected chi connectivity index (χ0v) is 14.9. The number of rotatable bonds is 5. The molecule has 0 spiro atoms. The fraction of sp³-hybridized carbons (Fsp3) is 0.105. The summed E-state index contributed by atoms with van der Waals surface area (Å²) in [6, 6.07) is 15.4. The van der Waals surface area contributed by atoms with E-state index < -0.39 is 5.91 Å².